The first-order chi connectivity index (χ1) is 12.2. The molecule has 3 rings (SSSR count). The van der Waals surface area contributed by atoms with Crippen molar-refractivity contribution in [3.05, 3.63) is 47.8 Å². The number of likely N-dealkylation sites (tertiary alicyclic amines) is 1. The quantitative estimate of drug-likeness (QED) is 0.871. The van der Waals surface area contributed by atoms with Crippen LogP contribution in [0.5, 0.6) is 0 Å². The molecule has 1 amide bonds. The lowest BCUT2D eigenvalue weighted by molar-refractivity contribution is -0.128. The number of carbonyl (C=O) groups is 1. The van der Waals surface area contributed by atoms with E-state index in [-0.39, 0.29) is 17.8 Å². The van der Waals surface area contributed by atoms with Crippen LogP contribution in [0.2, 0.25) is 0 Å². The van der Waals surface area contributed by atoms with Gasteiger partial charge in [0.2, 0.25) is 5.91 Å². The van der Waals surface area contributed by atoms with Crippen LogP contribution in [-0.4, -0.2) is 38.2 Å². The van der Waals surface area contributed by atoms with Crippen LogP contribution in [0.25, 0.3) is 0 Å². The number of aromatic nitrogens is 3. The molecule has 1 saturated heterocycles. The first kappa shape index (κ1) is 17.5. The molecule has 1 atom stereocenters. The second-order valence-corrected chi connectivity index (χ2v) is 6.36. The van der Waals surface area contributed by atoms with E-state index in [1.165, 1.54) is 12.1 Å². The van der Waals surface area contributed by atoms with Crippen LogP contribution >= 0.6 is 0 Å². The molecule has 6 nitrogen and oxygen atoms in total. The smallest absolute Gasteiger partial charge is 0.237 e. The molecule has 7 heteroatoms. The number of aryl methyl sites for hydroxylation is 1. The van der Waals surface area contributed by atoms with Gasteiger partial charge in [-0.25, -0.2) is 4.39 Å². The Morgan fingerprint density at radius 1 is 1.32 bits per heavy atom. The Morgan fingerprint density at radius 2 is 2.12 bits per heavy atom. The van der Waals surface area contributed by atoms with E-state index in [4.69, 9.17) is 0 Å². The standard InChI is InChI=1S/C18H24FN5O/c1-2-23-13-21-22-17(23)11-20-18(25)16-5-3-4-10-24(16)12-14-6-8-15(19)9-7-14/h6-9,13,16H,2-5,10-12H2,1H3,(H,20,25)/t16-/m1/s1. The number of hydrogen-bond acceptors (Lipinski definition) is 4. The molecular weight excluding hydrogens is 321 g/mol. The van der Waals surface area contributed by atoms with Crippen molar-refractivity contribution in [3.8, 4) is 0 Å². The molecule has 0 spiro atoms. The maximum Gasteiger partial charge on any atom is 0.237 e. The summed E-state index contributed by atoms with van der Waals surface area (Å²) in [6.45, 7) is 4.70. The van der Waals surface area contributed by atoms with E-state index in [1.54, 1.807) is 18.5 Å². The Balaban J connectivity index is 1.61. The number of halogens is 1. The fraction of sp³-hybridized carbons (Fsp3) is 0.500. The minimum atomic E-state index is -0.239. The summed E-state index contributed by atoms with van der Waals surface area (Å²) in [4.78, 5) is 14.9. The predicted molar refractivity (Wildman–Crippen MR) is 92.0 cm³/mol. The van der Waals surface area contributed by atoms with Gasteiger partial charge in [0.15, 0.2) is 5.82 Å². The first-order valence-corrected chi connectivity index (χ1v) is 8.80. The van der Waals surface area contributed by atoms with E-state index in [1.807, 2.05) is 11.5 Å². The third-order valence-electron chi connectivity index (χ3n) is 4.67. The van der Waals surface area contributed by atoms with Gasteiger partial charge in [0, 0.05) is 13.1 Å². The molecule has 2 aromatic rings. The van der Waals surface area contributed by atoms with E-state index >= 15 is 0 Å². The van der Waals surface area contributed by atoms with Crippen LogP contribution in [-0.2, 0) is 24.4 Å². The second kappa shape index (κ2) is 8.20. The van der Waals surface area contributed by atoms with Crippen molar-refractivity contribution in [1.29, 1.82) is 0 Å². The Morgan fingerprint density at radius 3 is 2.88 bits per heavy atom. The van der Waals surface area contributed by atoms with Gasteiger partial charge >= 0.3 is 0 Å². The van der Waals surface area contributed by atoms with E-state index < -0.39 is 0 Å². The minimum absolute atomic E-state index is 0.0208. The number of piperidine rings is 1. The molecule has 0 aliphatic carbocycles. The zero-order chi connectivity index (χ0) is 17.6. The fourth-order valence-electron chi connectivity index (χ4n) is 3.27. The van der Waals surface area contributed by atoms with Crippen LogP contribution in [0.1, 0.15) is 37.6 Å². The summed E-state index contributed by atoms with van der Waals surface area (Å²) >= 11 is 0. The van der Waals surface area contributed by atoms with Gasteiger partial charge < -0.3 is 9.88 Å². The van der Waals surface area contributed by atoms with Gasteiger partial charge in [-0.3, -0.25) is 9.69 Å². The van der Waals surface area contributed by atoms with E-state index in [9.17, 15) is 9.18 Å². The summed E-state index contributed by atoms with van der Waals surface area (Å²) in [6, 6.07) is 6.33. The molecule has 1 aromatic carbocycles. The topological polar surface area (TPSA) is 63.1 Å². The molecule has 134 valence electrons. The molecule has 0 unspecified atom stereocenters. The number of nitrogens with zero attached hydrogens (tertiary/aromatic N) is 4. The average Bonchev–Trinajstić information content (AvgIpc) is 3.09. The van der Waals surface area contributed by atoms with Gasteiger partial charge in [0.25, 0.3) is 0 Å². The van der Waals surface area contributed by atoms with Crippen molar-refractivity contribution < 1.29 is 9.18 Å². The number of hydrogen-bond donors (Lipinski definition) is 1. The molecule has 1 fully saturated rings. The van der Waals surface area contributed by atoms with Crippen molar-refractivity contribution in [2.75, 3.05) is 6.54 Å². The minimum Gasteiger partial charge on any atom is -0.347 e. The lowest BCUT2D eigenvalue weighted by Gasteiger charge is -2.34. The van der Waals surface area contributed by atoms with Crippen molar-refractivity contribution in [2.24, 2.45) is 0 Å². The zero-order valence-corrected chi connectivity index (χ0v) is 14.5. The second-order valence-electron chi connectivity index (χ2n) is 6.36. The van der Waals surface area contributed by atoms with E-state index in [0.717, 1.165) is 43.7 Å². The third-order valence-corrected chi connectivity index (χ3v) is 4.67. The maximum atomic E-state index is 13.1. The highest BCUT2D eigenvalue weighted by atomic mass is 19.1. The SMILES string of the molecule is CCn1cnnc1CNC(=O)[C@H]1CCCCN1Cc1ccc(F)cc1. The van der Waals surface area contributed by atoms with Crippen molar-refractivity contribution in [1.82, 2.24) is 25.0 Å². The molecule has 1 aliphatic rings. The van der Waals surface area contributed by atoms with Crippen LogP contribution in [0.3, 0.4) is 0 Å². The van der Waals surface area contributed by atoms with Crippen LogP contribution < -0.4 is 5.32 Å². The van der Waals surface area contributed by atoms with Gasteiger partial charge in [0.05, 0.1) is 12.6 Å². The molecule has 2 heterocycles. The molecule has 0 radical (unpaired) electrons. The first-order valence-electron chi connectivity index (χ1n) is 8.80. The van der Waals surface area contributed by atoms with Crippen molar-refractivity contribution >= 4 is 5.91 Å². The Hall–Kier alpha value is -2.28. The highest BCUT2D eigenvalue weighted by molar-refractivity contribution is 5.81. The lowest BCUT2D eigenvalue weighted by atomic mass is 10.0. The molecule has 1 aromatic heterocycles. The van der Waals surface area contributed by atoms with Crippen LogP contribution in [0.15, 0.2) is 30.6 Å². The molecule has 1 aliphatic heterocycles. The van der Waals surface area contributed by atoms with Crippen molar-refractivity contribution in [2.45, 2.75) is 51.9 Å². The number of amides is 1. The molecular formula is C18H24FN5O. The lowest BCUT2D eigenvalue weighted by Crippen LogP contribution is -2.49. The average molecular weight is 345 g/mol. The summed E-state index contributed by atoms with van der Waals surface area (Å²) in [7, 11) is 0. The Kier molecular flexibility index (Phi) is 5.75. The fourth-order valence-corrected chi connectivity index (χ4v) is 3.27. The summed E-state index contributed by atoms with van der Waals surface area (Å²) in [5, 5.41) is 10.9. The molecule has 1 N–H and O–H groups in total. The third kappa shape index (κ3) is 4.42. The van der Waals surface area contributed by atoms with E-state index in [2.05, 4.69) is 20.4 Å². The van der Waals surface area contributed by atoms with Gasteiger partial charge in [0.1, 0.15) is 12.1 Å². The van der Waals surface area contributed by atoms with Gasteiger partial charge in [-0.05, 0) is 44.0 Å². The molecule has 25 heavy (non-hydrogen) atoms. The van der Waals surface area contributed by atoms with Crippen LogP contribution in [0, 0.1) is 5.82 Å². The van der Waals surface area contributed by atoms with Crippen LogP contribution in [0.4, 0.5) is 4.39 Å². The van der Waals surface area contributed by atoms with E-state index in [0.29, 0.717) is 13.1 Å². The molecule has 0 saturated carbocycles. The van der Waals surface area contributed by atoms with Gasteiger partial charge in [-0.15, -0.1) is 10.2 Å². The monoisotopic (exact) mass is 345 g/mol. The molecule has 0 bridgehead atoms. The number of nitrogens with one attached hydrogen (secondary N) is 1. The largest absolute Gasteiger partial charge is 0.347 e. The maximum absolute atomic E-state index is 13.1. The normalized spacial score (nSPS) is 18.2. The highest BCUT2D eigenvalue weighted by Crippen LogP contribution is 2.20. The number of benzene rings is 1. The summed E-state index contributed by atoms with van der Waals surface area (Å²) < 4.78 is 15.0. The zero-order valence-electron chi connectivity index (χ0n) is 14.5. The Bertz CT molecular complexity index is 700. The summed E-state index contributed by atoms with van der Waals surface area (Å²) in [5.41, 5.74) is 1.02. The number of carbonyl (C=O) groups excluding carboxylic acids is 1. The van der Waals surface area contributed by atoms with Crippen molar-refractivity contribution in [3.63, 3.8) is 0 Å². The summed E-state index contributed by atoms with van der Waals surface area (Å²) in [5.74, 6) is 0.543. The number of rotatable bonds is 6. The van der Waals surface area contributed by atoms with Gasteiger partial charge in [-0.1, -0.05) is 18.6 Å². The van der Waals surface area contributed by atoms with Gasteiger partial charge in [-0.2, -0.15) is 0 Å². The summed E-state index contributed by atoms with van der Waals surface area (Å²) in [6.07, 6.45) is 4.63. The highest BCUT2D eigenvalue weighted by Gasteiger charge is 2.28. The Labute approximate surface area is 147 Å². The predicted octanol–water partition coefficient (Wildman–Crippen LogP) is 2.11.